The summed E-state index contributed by atoms with van der Waals surface area (Å²) in [5, 5.41) is 6.97. The number of benzene rings is 1. The molecule has 0 saturated heterocycles. The molecular weight excluding hydrogens is 362 g/mol. The minimum atomic E-state index is -0.933. The first kappa shape index (κ1) is 17.5. The number of carbonyl (C=O) groups is 3. The Hall–Kier alpha value is -3.88. The summed E-state index contributed by atoms with van der Waals surface area (Å²) in [6, 6.07) is 14.1. The largest absolute Gasteiger partial charge is 0.463 e. The second kappa shape index (κ2) is 7.39. The van der Waals surface area contributed by atoms with Crippen molar-refractivity contribution >= 4 is 17.7 Å². The molecule has 142 valence electrons. The summed E-state index contributed by atoms with van der Waals surface area (Å²) in [5.74, 6) is -1.84. The molecule has 1 fully saturated rings. The Morgan fingerprint density at radius 2 is 1.79 bits per heavy atom. The molecule has 0 spiro atoms. The Labute approximate surface area is 159 Å². The van der Waals surface area contributed by atoms with Crippen LogP contribution >= 0.6 is 0 Å². The zero-order valence-corrected chi connectivity index (χ0v) is 14.7. The van der Waals surface area contributed by atoms with Crippen molar-refractivity contribution in [2.75, 3.05) is 0 Å². The van der Waals surface area contributed by atoms with Crippen LogP contribution in [0.3, 0.4) is 0 Å². The third kappa shape index (κ3) is 3.78. The van der Waals surface area contributed by atoms with Crippen LogP contribution in [0.5, 0.6) is 0 Å². The number of nitrogens with zero attached hydrogens (tertiary/aromatic N) is 2. The van der Waals surface area contributed by atoms with E-state index in [2.05, 4.69) is 21.3 Å². The van der Waals surface area contributed by atoms with Gasteiger partial charge < -0.3 is 9.73 Å². The molecule has 0 bridgehead atoms. The number of aromatic nitrogens is 2. The van der Waals surface area contributed by atoms with Gasteiger partial charge in [0.05, 0.1) is 12.0 Å². The fraction of sp³-hybridized carbons (Fsp3) is 0.158. The van der Waals surface area contributed by atoms with Crippen LogP contribution in [0.4, 0.5) is 0 Å². The van der Waals surface area contributed by atoms with E-state index in [4.69, 9.17) is 4.42 Å². The number of hydrogen-bond donors (Lipinski definition) is 3. The van der Waals surface area contributed by atoms with E-state index in [0.717, 1.165) is 12.8 Å². The highest BCUT2D eigenvalue weighted by atomic mass is 16.3. The lowest BCUT2D eigenvalue weighted by Gasteiger charge is -2.09. The molecule has 1 saturated carbocycles. The molecule has 2 aromatic heterocycles. The summed E-state index contributed by atoms with van der Waals surface area (Å²) >= 11 is 0. The summed E-state index contributed by atoms with van der Waals surface area (Å²) in [4.78, 5) is 36.1. The fourth-order valence-corrected chi connectivity index (χ4v) is 2.57. The Morgan fingerprint density at radius 3 is 2.46 bits per heavy atom. The molecule has 1 aliphatic rings. The third-order valence-electron chi connectivity index (χ3n) is 4.12. The zero-order valence-electron chi connectivity index (χ0n) is 14.7. The maximum Gasteiger partial charge on any atom is 0.327 e. The molecule has 3 aromatic rings. The quantitative estimate of drug-likeness (QED) is 0.465. The van der Waals surface area contributed by atoms with Crippen molar-refractivity contribution in [2.24, 2.45) is 0 Å². The number of amides is 3. The van der Waals surface area contributed by atoms with Gasteiger partial charge in [0.1, 0.15) is 11.4 Å². The highest BCUT2D eigenvalue weighted by Crippen LogP contribution is 2.22. The van der Waals surface area contributed by atoms with Gasteiger partial charge in [-0.1, -0.05) is 18.2 Å². The highest BCUT2D eigenvalue weighted by molar-refractivity contribution is 6.35. The smallest absolute Gasteiger partial charge is 0.327 e. The number of carbonyl (C=O) groups excluding carboxylic acids is 3. The summed E-state index contributed by atoms with van der Waals surface area (Å²) in [6.45, 7) is 0. The van der Waals surface area contributed by atoms with Crippen LogP contribution in [-0.2, 0) is 9.59 Å². The van der Waals surface area contributed by atoms with E-state index in [1.54, 1.807) is 24.3 Å². The Morgan fingerprint density at radius 1 is 1.00 bits per heavy atom. The van der Waals surface area contributed by atoms with Crippen molar-refractivity contribution in [1.29, 1.82) is 0 Å². The summed E-state index contributed by atoms with van der Waals surface area (Å²) < 4.78 is 6.78. The molecule has 0 atom stereocenters. The van der Waals surface area contributed by atoms with Gasteiger partial charge in [-0.2, -0.15) is 5.10 Å². The lowest BCUT2D eigenvalue weighted by atomic mass is 10.3. The molecule has 3 N–H and O–H groups in total. The van der Waals surface area contributed by atoms with Gasteiger partial charge in [-0.3, -0.25) is 25.2 Å². The van der Waals surface area contributed by atoms with Crippen molar-refractivity contribution in [3.8, 4) is 17.1 Å². The van der Waals surface area contributed by atoms with E-state index in [9.17, 15) is 14.4 Å². The number of nitrogens with one attached hydrogen (secondary N) is 3. The molecular formula is C19H17N5O4. The average molecular weight is 379 g/mol. The molecule has 9 nitrogen and oxygen atoms in total. The van der Waals surface area contributed by atoms with E-state index in [1.807, 2.05) is 18.2 Å². The summed E-state index contributed by atoms with van der Waals surface area (Å²) in [6.07, 6.45) is 3.23. The number of hydrazine groups is 1. The number of furan rings is 1. The molecule has 28 heavy (non-hydrogen) atoms. The van der Waals surface area contributed by atoms with Crippen molar-refractivity contribution < 1.29 is 18.8 Å². The Bertz CT molecular complexity index is 1010. The van der Waals surface area contributed by atoms with Gasteiger partial charge in [-0.15, -0.1) is 0 Å². The molecule has 9 heteroatoms. The van der Waals surface area contributed by atoms with Crippen LogP contribution in [0.1, 0.15) is 23.3 Å². The van der Waals surface area contributed by atoms with Gasteiger partial charge >= 0.3 is 11.8 Å². The Kier molecular flexibility index (Phi) is 4.63. The molecule has 4 rings (SSSR count). The normalized spacial score (nSPS) is 13.0. The zero-order chi connectivity index (χ0) is 19.5. The SMILES string of the molecule is O=C(NNC(=O)c1cc(-c2ccco2)nn1-c1ccccc1)C(=O)NC1CC1. The minimum absolute atomic E-state index is 0.0457. The predicted molar refractivity (Wildman–Crippen MR) is 98.0 cm³/mol. The molecule has 1 aromatic carbocycles. The molecule has 1 aliphatic carbocycles. The Balaban J connectivity index is 1.54. The van der Waals surface area contributed by atoms with Crippen LogP contribution in [0.2, 0.25) is 0 Å². The molecule has 0 aliphatic heterocycles. The van der Waals surface area contributed by atoms with E-state index in [1.165, 1.54) is 17.0 Å². The summed E-state index contributed by atoms with van der Waals surface area (Å²) in [7, 11) is 0. The first-order chi connectivity index (χ1) is 13.6. The first-order valence-electron chi connectivity index (χ1n) is 8.72. The van der Waals surface area contributed by atoms with Crippen LogP contribution in [0.25, 0.3) is 17.1 Å². The molecule has 3 amide bonds. The van der Waals surface area contributed by atoms with Gasteiger partial charge in [0.25, 0.3) is 5.91 Å². The summed E-state index contributed by atoms with van der Waals surface area (Å²) in [5.41, 5.74) is 5.65. The average Bonchev–Trinajstić information content (AvgIpc) is 3.20. The van der Waals surface area contributed by atoms with Gasteiger partial charge in [-0.25, -0.2) is 4.68 Å². The third-order valence-corrected chi connectivity index (χ3v) is 4.12. The lowest BCUT2D eigenvalue weighted by Crippen LogP contribution is -2.49. The minimum Gasteiger partial charge on any atom is -0.463 e. The van der Waals surface area contributed by atoms with Crippen LogP contribution in [0, 0.1) is 0 Å². The van der Waals surface area contributed by atoms with Gasteiger partial charge in [-0.05, 0) is 37.1 Å². The van der Waals surface area contributed by atoms with Crippen molar-refractivity contribution in [3.05, 3.63) is 60.5 Å². The molecule has 2 heterocycles. The maximum atomic E-state index is 12.6. The fourth-order valence-electron chi connectivity index (χ4n) is 2.57. The topological polar surface area (TPSA) is 118 Å². The van der Waals surface area contributed by atoms with Crippen molar-refractivity contribution in [2.45, 2.75) is 18.9 Å². The number of hydrogen-bond acceptors (Lipinski definition) is 5. The van der Waals surface area contributed by atoms with Crippen molar-refractivity contribution in [1.82, 2.24) is 25.9 Å². The second-order valence-corrected chi connectivity index (χ2v) is 6.30. The highest BCUT2D eigenvalue weighted by Gasteiger charge is 2.27. The standard InChI is InChI=1S/C19H17N5O4/c25-17(21-22-19(27)18(26)20-12-8-9-12)15-11-14(16-7-4-10-28-16)23-24(15)13-5-2-1-3-6-13/h1-7,10-12H,8-9H2,(H,20,26)(H,21,25)(H,22,27). The predicted octanol–water partition coefficient (Wildman–Crippen LogP) is 1.17. The maximum absolute atomic E-state index is 12.6. The van der Waals surface area contributed by atoms with E-state index < -0.39 is 17.7 Å². The van der Waals surface area contributed by atoms with Gasteiger partial charge in [0, 0.05) is 12.1 Å². The van der Waals surface area contributed by atoms with Crippen LogP contribution in [-0.4, -0.2) is 33.5 Å². The lowest BCUT2D eigenvalue weighted by molar-refractivity contribution is -0.139. The van der Waals surface area contributed by atoms with E-state index in [-0.39, 0.29) is 11.7 Å². The number of para-hydroxylation sites is 1. The van der Waals surface area contributed by atoms with E-state index >= 15 is 0 Å². The van der Waals surface area contributed by atoms with E-state index in [0.29, 0.717) is 17.1 Å². The van der Waals surface area contributed by atoms with Gasteiger partial charge in [0.2, 0.25) is 0 Å². The first-order valence-corrected chi connectivity index (χ1v) is 8.72. The molecule has 0 radical (unpaired) electrons. The van der Waals surface area contributed by atoms with Crippen LogP contribution in [0.15, 0.2) is 59.2 Å². The second-order valence-electron chi connectivity index (χ2n) is 6.30. The molecule has 0 unspecified atom stereocenters. The monoisotopic (exact) mass is 379 g/mol. The van der Waals surface area contributed by atoms with Crippen molar-refractivity contribution in [3.63, 3.8) is 0 Å². The van der Waals surface area contributed by atoms with Crippen LogP contribution < -0.4 is 16.2 Å². The van der Waals surface area contributed by atoms with Gasteiger partial charge in [0.15, 0.2) is 5.76 Å². The number of rotatable bonds is 4.